The van der Waals surface area contributed by atoms with E-state index >= 15 is 0 Å². The lowest BCUT2D eigenvalue weighted by Crippen LogP contribution is -2.06. The molecule has 0 amide bonds. The molecule has 0 unspecified atom stereocenters. The second-order valence-electron chi connectivity index (χ2n) is 5.58. The predicted molar refractivity (Wildman–Crippen MR) is 93.3 cm³/mol. The maximum absolute atomic E-state index is 6.07. The first kappa shape index (κ1) is 13.5. The molecular formula is C19H16N4. The zero-order chi connectivity index (χ0) is 15.8. The van der Waals surface area contributed by atoms with Crippen LogP contribution in [0.2, 0.25) is 0 Å². The van der Waals surface area contributed by atoms with Gasteiger partial charge in [-0.2, -0.15) is 0 Å². The second-order valence-corrected chi connectivity index (χ2v) is 5.58. The van der Waals surface area contributed by atoms with E-state index in [-0.39, 0.29) is 0 Å². The molecule has 23 heavy (non-hydrogen) atoms. The molecule has 0 radical (unpaired) electrons. The van der Waals surface area contributed by atoms with Crippen LogP contribution in [0.5, 0.6) is 0 Å². The Labute approximate surface area is 134 Å². The van der Waals surface area contributed by atoms with Gasteiger partial charge < -0.3 is 5.84 Å². The van der Waals surface area contributed by atoms with E-state index < -0.39 is 0 Å². The number of aromatic nitrogens is 3. The van der Waals surface area contributed by atoms with Crippen LogP contribution in [0.25, 0.3) is 33.4 Å². The Balaban J connectivity index is 1.95. The van der Waals surface area contributed by atoms with Crippen LogP contribution in [0, 0.1) is 6.92 Å². The van der Waals surface area contributed by atoms with Gasteiger partial charge in [-0.3, -0.25) is 9.66 Å². The van der Waals surface area contributed by atoms with E-state index in [1.807, 2.05) is 55.7 Å². The van der Waals surface area contributed by atoms with Gasteiger partial charge in [-0.15, -0.1) is 0 Å². The van der Waals surface area contributed by atoms with Gasteiger partial charge in [0, 0.05) is 34.6 Å². The Morgan fingerprint density at radius 2 is 1.78 bits per heavy atom. The number of nitrogens with two attached hydrogens (primary N) is 1. The fraction of sp³-hybridized carbons (Fsp3) is 0.0526. The van der Waals surface area contributed by atoms with Crippen molar-refractivity contribution < 1.29 is 0 Å². The van der Waals surface area contributed by atoms with Crippen molar-refractivity contribution in [2.75, 3.05) is 5.84 Å². The minimum absolute atomic E-state index is 0.753. The summed E-state index contributed by atoms with van der Waals surface area (Å²) < 4.78 is 1.56. The first-order valence-electron chi connectivity index (χ1n) is 7.48. The Bertz CT molecular complexity index is 987. The molecule has 0 saturated heterocycles. The van der Waals surface area contributed by atoms with Gasteiger partial charge in [0.15, 0.2) is 5.65 Å². The zero-order valence-corrected chi connectivity index (χ0v) is 12.8. The van der Waals surface area contributed by atoms with Crippen molar-refractivity contribution >= 4 is 11.0 Å². The minimum Gasteiger partial charge on any atom is -0.338 e. The third kappa shape index (κ3) is 2.34. The van der Waals surface area contributed by atoms with Gasteiger partial charge in [-0.25, -0.2) is 4.98 Å². The predicted octanol–water partition coefficient (Wildman–Crippen LogP) is 3.79. The largest absolute Gasteiger partial charge is 0.338 e. The third-order valence-corrected chi connectivity index (χ3v) is 3.94. The van der Waals surface area contributed by atoms with Crippen LogP contribution in [0.4, 0.5) is 0 Å². The molecule has 0 saturated carbocycles. The van der Waals surface area contributed by atoms with Crippen molar-refractivity contribution in [1.82, 2.24) is 14.6 Å². The lowest BCUT2D eigenvalue weighted by atomic mass is 10.0. The smallest absolute Gasteiger partial charge is 0.158 e. The molecule has 0 fully saturated rings. The number of aryl methyl sites for hydroxylation is 1. The van der Waals surface area contributed by atoms with Crippen molar-refractivity contribution in [2.24, 2.45) is 0 Å². The van der Waals surface area contributed by atoms with Crippen LogP contribution < -0.4 is 5.84 Å². The molecular weight excluding hydrogens is 284 g/mol. The SMILES string of the molecule is Cc1cccc(-c2cn(N)c3ncc(-c4ccccc4)cc23)n1. The maximum Gasteiger partial charge on any atom is 0.158 e. The molecule has 4 heteroatoms. The van der Waals surface area contributed by atoms with Gasteiger partial charge in [0.25, 0.3) is 0 Å². The molecule has 0 aliphatic rings. The quantitative estimate of drug-likeness (QED) is 0.573. The highest BCUT2D eigenvalue weighted by Crippen LogP contribution is 2.30. The molecule has 4 nitrogen and oxygen atoms in total. The van der Waals surface area contributed by atoms with E-state index in [1.54, 1.807) is 4.68 Å². The van der Waals surface area contributed by atoms with Crippen LogP contribution in [-0.2, 0) is 0 Å². The molecule has 0 aliphatic carbocycles. The average Bonchev–Trinajstić information content (AvgIpc) is 2.92. The van der Waals surface area contributed by atoms with Crippen molar-refractivity contribution in [2.45, 2.75) is 6.92 Å². The monoisotopic (exact) mass is 300 g/mol. The highest BCUT2D eigenvalue weighted by atomic mass is 15.3. The topological polar surface area (TPSA) is 56.7 Å². The number of fused-ring (bicyclic) bond motifs is 1. The standard InChI is InChI=1S/C19H16N4/c1-13-6-5-9-18(22-13)17-12-23(20)19-16(17)10-15(11-21-19)14-7-3-2-4-8-14/h2-12H,20H2,1H3. The maximum atomic E-state index is 6.07. The van der Waals surface area contributed by atoms with E-state index in [2.05, 4.69) is 28.2 Å². The highest BCUT2D eigenvalue weighted by molar-refractivity contribution is 5.95. The van der Waals surface area contributed by atoms with Gasteiger partial charge in [0.05, 0.1) is 5.69 Å². The molecule has 112 valence electrons. The molecule has 0 bridgehead atoms. The number of rotatable bonds is 2. The van der Waals surface area contributed by atoms with Crippen LogP contribution in [0.3, 0.4) is 0 Å². The Kier molecular flexibility index (Phi) is 3.08. The van der Waals surface area contributed by atoms with E-state index in [0.717, 1.165) is 39.1 Å². The Morgan fingerprint density at radius 3 is 2.57 bits per heavy atom. The summed E-state index contributed by atoms with van der Waals surface area (Å²) in [5.74, 6) is 6.07. The molecule has 2 N–H and O–H groups in total. The summed E-state index contributed by atoms with van der Waals surface area (Å²) in [4.78, 5) is 9.15. The van der Waals surface area contributed by atoms with E-state index in [9.17, 15) is 0 Å². The van der Waals surface area contributed by atoms with Crippen LogP contribution >= 0.6 is 0 Å². The van der Waals surface area contributed by atoms with Gasteiger partial charge in [-0.05, 0) is 30.7 Å². The van der Waals surface area contributed by atoms with Crippen LogP contribution in [0.1, 0.15) is 5.69 Å². The summed E-state index contributed by atoms with van der Waals surface area (Å²) in [7, 11) is 0. The first-order chi connectivity index (χ1) is 11.2. The minimum atomic E-state index is 0.753. The molecule has 0 atom stereocenters. The summed E-state index contributed by atoms with van der Waals surface area (Å²) in [6.07, 6.45) is 3.74. The molecule has 4 aromatic rings. The zero-order valence-electron chi connectivity index (χ0n) is 12.8. The second kappa shape index (κ2) is 5.25. The molecule has 0 spiro atoms. The number of benzene rings is 1. The highest BCUT2D eigenvalue weighted by Gasteiger charge is 2.12. The molecule has 3 aromatic heterocycles. The van der Waals surface area contributed by atoms with Crippen molar-refractivity contribution in [3.63, 3.8) is 0 Å². The number of pyridine rings is 2. The number of hydrogen-bond acceptors (Lipinski definition) is 3. The summed E-state index contributed by atoms with van der Waals surface area (Å²) in [5, 5.41) is 1.01. The van der Waals surface area contributed by atoms with Crippen molar-refractivity contribution in [3.8, 4) is 22.4 Å². The Hall–Kier alpha value is -3.14. The fourth-order valence-electron chi connectivity index (χ4n) is 2.82. The number of nitrogens with zero attached hydrogens (tertiary/aromatic N) is 3. The van der Waals surface area contributed by atoms with Gasteiger partial charge in [0.2, 0.25) is 0 Å². The van der Waals surface area contributed by atoms with Crippen molar-refractivity contribution in [3.05, 3.63) is 72.7 Å². The van der Waals surface area contributed by atoms with Crippen LogP contribution in [0.15, 0.2) is 67.0 Å². The molecule has 4 rings (SSSR count). The molecule has 1 aromatic carbocycles. The van der Waals surface area contributed by atoms with Gasteiger partial charge >= 0.3 is 0 Å². The average molecular weight is 300 g/mol. The van der Waals surface area contributed by atoms with Gasteiger partial charge in [-0.1, -0.05) is 36.4 Å². The fourth-order valence-corrected chi connectivity index (χ4v) is 2.82. The summed E-state index contributed by atoms with van der Waals surface area (Å²) in [6, 6.07) is 18.3. The summed E-state index contributed by atoms with van der Waals surface area (Å²) in [6.45, 7) is 1.98. The normalized spacial score (nSPS) is 11.0. The lowest BCUT2D eigenvalue weighted by molar-refractivity contribution is 1.04. The van der Waals surface area contributed by atoms with Gasteiger partial charge in [0.1, 0.15) is 0 Å². The summed E-state index contributed by atoms with van der Waals surface area (Å²) in [5.41, 5.74) is 5.84. The number of nitrogen functional groups attached to an aromatic ring is 1. The lowest BCUT2D eigenvalue weighted by Gasteiger charge is -2.03. The molecule has 0 aliphatic heterocycles. The van der Waals surface area contributed by atoms with Crippen molar-refractivity contribution in [1.29, 1.82) is 0 Å². The first-order valence-corrected chi connectivity index (χ1v) is 7.48. The Morgan fingerprint density at radius 1 is 0.957 bits per heavy atom. The third-order valence-electron chi connectivity index (χ3n) is 3.94. The van der Waals surface area contributed by atoms with E-state index in [1.165, 1.54) is 0 Å². The number of hydrogen-bond donors (Lipinski definition) is 1. The van der Waals surface area contributed by atoms with Crippen LogP contribution in [-0.4, -0.2) is 14.6 Å². The van der Waals surface area contributed by atoms with E-state index in [0.29, 0.717) is 0 Å². The summed E-state index contributed by atoms with van der Waals surface area (Å²) >= 11 is 0. The molecule has 3 heterocycles. The van der Waals surface area contributed by atoms with E-state index in [4.69, 9.17) is 5.84 Å².